The number of likely N-dealkylation sites (tertiary alicyclic amines) is 1. The van der Waals surface area contributed by atoms with Crippen molar-refractivity contribution in [3.63, 3.8) is 0 Å². The zero-order valence-corrected chi connectivity index (χ0v) is 22.1. The molecule has 0 spiro atoms. The molecule has 0 saturated carbocycles. The predicted molar refractivity (Wildman–Crippen MR) is 140 cm³/mol. The molecule has 1 aromatic carbocycles. The van der Waals surface area contributed by atoms with Crippen molar-refractivity contribution in [1.29, 1.82) is 0 Å². The first-order chi connectivity index (χ1) is 17.1. The molecule has 1 amide bonds. The van der Waals surface area contributed by atoms with Gasteiger partial charge in [0.1, 0.15) is 5.75 Å². The van der Waals surface area contributed by atoms with Crippen LogP contribution in [-0.2, 0) is 0 Å². The Bertz CT molecular complexity index is 1230. The maximum Gasteiger partial charge on any atom is 0.253 e. The van der Waals surface area contributed by atoms with Gasteiger partial charge in [-0.1, -0.05) is 11.6 Å². The van der Waals surface area contributed by atoms with E-state index in [4.69, 9.17) is 16.3 Å². The zero-order chi connectivity index (χ0) is 26.0. The second-order valence-corrected chi connectivity index (χ2v) is 10.4. The van der Waals surface area contributed by atoms with Gasteiger partial charge in [-0.15, -0.1) is 0 Å². The zero-order valence-electron chi connectivity index (χ0n) is 21.3. The molecule has 0 aliphatic carbocycles. The number of rotatable bonds is 7. The number of methoxy groups -OCH3 is 1. The highest BCUT2D eigenvalue weighted by Gasteiger charge is 2.32. The third-order valence-electron chi connectivity index (χ3n) is 6.62. The Morgan fingerprint density at radius 3 is 2.58 bits per heavy atom. The number of nitrogens with zero attached hydrogens (tertiary/aromatic N) is 5. The Labute approximate surface area is 216 Å². The Balaban J connectivity index is 1.51. The molecule has 3 aromatic rings. The number of carbonyl (C=O) groups excluding carboxylic acids is 1. The molecular weight excluding hydrogens is 480 g/mol. The number of halogens is 1. The van der Waals surface area contributed by atoms with Gasteiger partial charge in [-0.2, -0.15) is 5.10 Å². The summed E-state index contributed by atoms with van der Waals surface area (Å²) in [5, 5.41) is 18.2. The van der Waals surface area contributed by atoms with Gasteiger partial charge in [0, 0.05) is 36.5 Å². The standard InChI is InChI=1S/C26H33ClN6O3/c1-16(2)33-15-18(13-29-33)23-20(27)14-28-25(31-23)30-21-7-6-17(12-22(21)36-5)24(34)32-10-8-19(9-11-32)26(3,4)35/h6-7,12-16,19,35H,8-11H2,1-5H3,(H,28,30,31). The Morgan fingerprint density at radius 1 is 1.25 bits per heavy atom. The summed E-state index contributed by atoms with van der Waals surface area (Å²) >= 11 is 6.37. The van der Waals surface area contributed by atoms with Crippen molar-refractivity contribution in [2.75, 3.05) is 25.5 Å². The molecule has 0 atom stereocenters. The number of hydrogen-bond acceptors (Lipinski definition) is 7. The van der Waals surface area contributed by atoms with Crippen molar-refractivity contribution in [2.24, 2.45) is 5.92 Å². The molecule has 2 aromatic heterocycles. The fraction of sp³-hybridized carbons (Fsp3) is 0.462. The third kappa shape index (κ3) is 5.63. The summed E-state index contributed by atoms with van der Waals surface area (Å²) in [5.74, 6) is 0.977. The van der Waals surface area contributed by atoms with Crippen molar-refractivity contribution < 1.29 is 14.6 Å². The second-order valence-electron chi connectivity index (χ2n) is 9.95. The van der Waals surface area contributed by atoms with Crippen LogP contribution in [0.5, 0.6) is 5.75 Å². The SMILES string of the molecule is COc1cc(C(=O)N2CCC(C(C)(C)O)CC2)ccc1Nc1ncc(Cl)c(-c2cnn(C(C)C)c2)n1. The average Bonchev–Trinajstić information content (AvgIpc) is 3.35. The molecule has 192 valence electrons. The minimum atomic E-state index is -0.732. The minimum absolute atomic E-state index is 0.0544. The van der Waals surface area contributed by atoms with E-state index in [1.807, 2.05) is 43.5 Å². The van der Waals surface area contributed by atoms with E-state index < -0.39 is 5.60 Å². The van der Waals surface area contributed by atoms with Gasteiger partial charge in [-0.3, -0.25) is 9.48 Å². The lowest BCUT2D eigenvalue weighted by Crippen LogP contribution is -2.44. The summed E-state index contributed by atoms with van der Waals surface area (Å²) in [6, 6.07) is 5.48. The minimum Gasteiger partial charge on any atom is -0.495 e. The second kappa shape index (κ2) is 10.4. The average molecular weight is 513 g/mol. The van der Waals surface area contributed by atoms with Crippen molar-refractivity contribution in [2.45, 2.75) is 52.2 Å². The van der Waals surface area contributed by atoms with Crippen LogP contribution in [-0.4, -0.2) is 61.5 Å². The number of aliphatic hydroxyl groups is 1. The highest BCUT2D eigenvalue weighted by atomic mass is 35.5. The highest BCUT2D eigenvalue weighted by molar-refractivity contribution is 6.32. The molecule has 10 heteroatoms. The highest BCUT2D eigenvalue weighted by Crippen LogP contribution is 2.32. The number of aromatic nitrogens is 4. The largest absolute Gasteiger partial charge is 0.495 e. The van der Waals surface area contributed by atoms with E-state index in [0.29, 0.717) is 46.8 Å². The molecule has 3 heterocycles. The lowest BCUT2D eigenvalue weighted by Gasteiger charge is -2.37. The van der Waals surface area contributed by atoms with Crippen LogP contribution in [0.15, 0.2) is 36.8 Å². The molecule has 0 unspecified atom stereocenters. The maximum absolute atomic E-state index is 13.1. The molecule has 1 aliphatic heterocycles. The molecule has 1 fully saturated rings. The summed E-state index contributed by atoms with van der Waals surface area (Å²) in [4.78, 5) is 23.8. The van der Waals surface area contributed by atoms with E-state index in [0.717, 1.165) is 18.4 Å². The molecule has 0 bridgehead atoms. The molecule has 1 saturated heterocycles. The van der Waals surface area contributed by atoms with E-state index >= 15 is 0 Å². The van der Waals surface area contributed by atoms with Crippen molar-refractivity contribution in [3.8, 4) is 17.0 Å². The normalized spacial score (nSPS) is 14.8. The first kappa shape index (κ1) is 25.9. The van der Waals surface area contributed by atoms with Gasteiger partial charge in [-0.25, -0.2) is 9.97 Å². The summed E-state index contributed by atoms with van der Waals surface area (Å²) in [5.41, 5.74) is 1.80. The Morgan fingerprint density at radius 2 is 1.97 bits per heavy atom. The Kier molecular flexibility index (Phi) is 7.51. The Hall–Kier alpha value is -3.17. The lowest BCUT2D eigenvalue weighted by molar-refractivity contribution is -0.0108. The molecular formula is C26H33ClN6O3. The van der Waals surface area contributed by atoms with E-state index in [-0.39, 0.29) is 17.9 Å². The topological polar surface area (TPSA) is 105 Å². The van der Waals surface area contributed by atoms with Gasteiger partial charge >= 0.3 is 0 Å². The van der Waals surface area contributed by atoms with Crippen LogP contribution in [0.25, 0.3) is 11.3 Å². The first-order valence-electron chi connectivity index (χ1n) is 12.1. The van der Waals surface area contributed by atoms with Crippen LogP contribution in [0, 0.1) is 5.92 Å². The molecule has 9 nitrogen and oxygen atoms in total. The number of ether oxygens (including phenoxy) is 1. The van der Waals surface area contributed by atoms with Gasteiger partial charge in [0.15, 0.2) is 0 Å². The molecule has 36 heavy (non-hydrogen) atoms. The fourth-order valence-electron chi connectivity index (χ4n) is 4.39. The van der Waals surface area contributed by atoms with E-state index in [9.17, 15) is 9.90 Å². The van der Waals surface area contributed by atoms with Crippen LogP contribution in [0.3, 0.4) is 0 Å². The van der Waals surface area contributed by atoms with Crippen molar-refractivity contribution >= 4 is 29.1 Å². The van der Waals surface area contributed by atoms with E-state index in [1.165, 1.54) is 0 Å². The van der Waals surface area contributed by atoms with E-state index in [1.54, 1.807) is 37.7 Å². The molecule has 2 N–H and O–H groups in total. The fourth-order valence-corrected chi connectivity index (χ4v) is 4.59. The number of piperidine rings is 1. The third-order valence-corrected chi connectivity index (χ3v) is 6.90. The first-order valence-corrected chi connectivity index (χ1v) is 12.5. The quantitative estimate of drug-likeness (QED) is 0.461. The van der Waals surface area contributed by atoms with Gasteiger partial charge in [0.05, 0.1) is 41.5 Å². The van der Waals surface area contributed by atoms with Crippen molar-refractivity contribution in [3.05, 3.63) is 47.4 Å². The number of carbonyl (C=O) groups is 1. The van der Waals surface area contributed by atoms with Gasteiger partial charge in [0.25, 0.3) is 5.91 Å². The maximum atomic E-state index is 13.1. The van der Waals surface area contributed by atoms with Crippen LogP contribution in [0.4, 0.5) is 11.6 Å². The number of anilines is 2. The molecule has 1 aliphatic rings. The van der Waals surface area contributed by atoms with E-state index in [2.05, 4.69) is 20.4 Å². The van der Waals surface area contributed by atoms with Crippen LogP contribution in [0.1, 0.15) is 56.9 Å². The smallest absolute Gasteiger partial charge is 0.253 e. The molecule has 0 radical (unpaired) electrons. The summed E-state index contributed by atoms with van der Waals surface area (Å²) < 4.78 is 7.40. The van der Waals surface area contributed by atoms with Gasteiger partial charge in [-0.05, 0) is 64.7 Å². The summed E-state index contributed by atoms with van der Waals surface area (Å²) in [6.07, 6.45) is 6.72. The number of benzene rings is 1. The van der Waals surface area contributed by atoms with Crippen LogP contribution >= 0.6 is 11.6 Å². The number of nitrogens with one attached hydrogen (secondary N) is 1. The number of amides is 1. The summed E-state index contributed by atoms with van der Waals surface area (Å²) in [6.45, 7) is 8.98. The van der Waals surface area contributed by atoms with Crippen molar-refractivity contribution in [1.82, 2.24) is 24.6 Å². The van der Waals surface area contributed by atoms with Crippen LogP contribution in [0.2, 0.25) is 5.02 Å². The van der Waals surface area contributed by atoms with Crippen LogP contribution < -0.4 is 10.1 Å². The van der Waals surface area contributed by atoms with Gasteiger partial charge in [0.2, 0.25) is 5.95 Å². The lowest BCUT2D eigenvalue weighted by atomic mass is 9.83. The summed E-state index contributed by atoms with van der Waals surface area (Å²) in [7, 11) is 1.55. The predicted octanol–water partition coefficient (Wildman–Crippen LogP) is 4.95. The monoisotopic (exact) mass is 512 g/mol. The van der Waals surface area contributed by atoms with Gasteiger partial charge < -0.3 is 20.1 Å². The number of hydrogen-bond donors (Lipinski definition) is 2. The molecule has 4 rings (SSSR count).